The zero-order valence-electron chi connectivity index (χ0n) is 13.2. The van der Waals surface area contributed by atoms with Crippen LogP contribution in [0, 0.1) is 0 Å². The molecule has 0 saturated heterocycles. The Morgan fingerprint density at radius 2 is 2.09 bits per heavy atom. The smallest absolute Gasteiger partial charge is 0.407 e. The van der Waals surface area contributed by atoms with Crippen LogP contribution >= 0.6 is 0 Å². The number of rotatable bonds is 5. The fourth-order valence-corrected chi connectivity index (χ4v) is 2.84. The first-order valence-electron chi connectivity index (χ1n) is 7.67. The number of hydrogen-bond donors (Lipinski definition) is 2. The molecule has 2 N–H and O–H groups in total. The summed E-state index contributed by atoms with van der Waals surface area (Å²) in [5.41, 5.74) is 0.147. The van der Waals surface area contributed by atoms with Crippen molar-refractivity contribution >= 4 is 6.09 Å². The number of aliphatic hydroxyl groups is 1. The Morgan fingerprint density at radius 3 is 2.64 bits per heavy atom. The van der Waals surface area contributed by atoms with Crippen LogP contribution in [-0.4, -0.2) is 35.7 Å². The summed E-state index contributed by atoms with van der Waals surface area (Å²) < 4.78 is 10.3. The summed E-state index contributed by atoms with van der Waals surface area (Å²) in [5, 5.41) is 13.4. The Hall–Kier alpha value is -1.66. The van der Waals surface area contributed by atoms with Gasteiger partial charge in [-0.05, 0) is 31.4 Å². The van der Waals surface area contributed by atoms with Crippen LogP contribution < -0.4 is 5.32 Å². The van der Waals surface area contributed by atoms with Crippen LogP contribution in [0.4, 0.5) is 4.79 Å². The first-order valence-corrected chi connectivity index (χ1v) is 7.67. The van der Waals surface area contributed by atoms with Crippen molar-refractivity contribution in [3.63, 3.8) is 0 Å². The number of amides is 1. The molecule has 2 rings (SSSR count). The second-order valence-electron chi connectivity index (χ2n) is 5.71. The first-order chi connectivity index (χ1) is 10.5. The topological polar surface area (TPSA) is 80.7 Å². The Bertz CT molecular complexity index is 484. The number of carbonyl (C=O) groups excluding carboxylic acids is 1. The maximum absolute atomic E-state index is 11.7. The van der Waals surface area contributed by atoms with Crippen LogP contribution in [0.2, 0.25) is 0 Å². The average Bonchev–Trinajstić information content (AvgIpc) is 2.56. The second-order valence-corrected chi connectivity index (χ2v) is 5.71. The molecule has 0 radical (unpaired) electrons. The van der Waals surface area contributed by atoms with E-state index in [1.807, 2.05) is 25.1 Å². The fraction of sp³-hybridized carbons (Fsp3) is 0.625. The van der Waals surface area contributed by atoms with E-state index >= 15 is 0 Å². The Morgan fingerprint density at radius 1 is 1.36 bits per heavy atom. The maximum Gasteiger partial charge on any atom is 0.407 e. The predicted molar refractivity (Wildman–Crippen MR) is 81.1 cm³/mol. The third-order valence-electron chi connectivity index (χ3n) is 4.14. The van der Waals surface area contributed by atoms with E-state index in [1.165, 1.54) is 7.11 Å². The van der Waals surface area contributed by atoms with E-state index in [2.05, 4.69) is 10.3 Å². The molecule has 0 atom stereocenters. The van der Waals surface area contributed by atoms with Gasteiger partial charge in [0.25, 0.3) is 0 Å². The standard InChI is InChI=1S/C16H24N2O4/c1-3-12-22-16(20)9-7-15(8-10-16,18-14(19)21-2)13-6-4-5-11-17-13/h4-6,11,20H,3,7-10,12H2,1-2H3,(H,18,19). The summed E-state index contributed by atoms with van der Waals surface area (Å²) in [6.07, 6.45) is 4.02. The molecule has 0 bridgehead atoms. The van der Waals surface area contributed by atoms with Gasteiger partial charge < -0.3 is 19.9 Å². The molecule has 1 aromatic rings. The van der Waals surface area contributed by atoms with Crippen molar-refractivity contribution < 1.29 is 19.4 Å². The van der Waals surface area contributed by atoms with Crippen molar-refractivity contribution in [3.8, 4) is 0 Å². The summed E-state index contributed by atoms with van der Waals surface area (Å²) in [5.74, 6) is -1.12. The van der Waals surface area contributed by atoms with Gasteiger partial charge in [-0.1, -0.05) is 13.0 Å². The van der Waals surface area contributed by atoms with Gasteiger partial charge in [0.1, 0.15) is 0 Å². The molecule has 122 valence electrons. The van der Waals surface area contributed by atoms with Crippen molar-refractivity contribution in [2.45, 2.75) is 50.4 Å². The molecule has 0 aromatic carbocycles. The van der Waals surface area contributed by atoms with Crippen molar-refractivity contribution in [2.24, 2.45) is 0 Å². The van der Waals surface area contributed by atoms with E-state index in [0.29, 0.717) is 32.3 Å². The zero-order valence-corrected chi connectivity index (χ0v) is 13.2. The Balaban J connectivity index is 2.17. The SMILES string of the molecule is CCCOC1(O)CCC(NC(=O)OC)(c2ccccn2)CC1. The largest absolute Gasteiger partial charge is 0.453 e. The number of carbonyl (C=O) groups is 1. The van der Waals surface area contributed by atoms with Gasteiger partial charge in [0, 0.05) is 25.6 Å². The van der Waals surface area contributed by atoms with Gasteiger partial charge in [-0.25, -0.2) is 4.79 Å². The molecule has 0 unspecified atom stereocenters. The summed E-state index contributed by atoms with van der Waals surface area (Å²) in [4.78, 5) is 16.1. The highest BCUT2D eigenvalue weighted by molar-refractivity contribution is 5.68. The van der Waals surface area contributed by atoms with Gasteiger partial charge in [0.05, 0.1) is 18.3 Å². The highest BCUT2D eigenvalue weighted by atomic mass is 16.6. The quantitative estimate of drug-likeness (QED) is 0.816. The third kappa shape index (κ3) is 3.75. The lowest BCUT2D eigenvalue weighted by molar-refractivity contribution is -0.228. The molecule has 1 aliphatic rings. The number of hydrogen-bond acceptors (Lipinski definition) is 5. The molecular weight excluding hydrogens is 284 g/mol. The van der Waals surface area contributed by atoms with E-state index in [4.69, 9.17) is 9.47 Å². The molecule has 6 heteroatoms. The van der Waals surface area contributed by atoms with Crippen LogP contribution in [0.3, 0.4) is 0 Å². The Labute approximate surface area is 130 Å². The minimum absolute atomic E-state index is 0.438. The number of pyridine rings is 1. The number of alkyl carbamates (subject to hydrolysis) is 1. The van der Waals surface area contributed by atoms with Gasteiger partial charge in [0.2, 0.25) is 0 Å². The van der Waals surface area contributed by atoms with Crippen LogP contribution in [-0.2, 0) is 15.0 Å². The minimum Gasteiger partial charge on any atom is -0.453 e. The number of ether oxygens (including phenoxy) is 2. The summed E-state index contributed by atoms with van der Waals surface area (Å²) in [6, 6.07) is 5.60. The zero-order chi connectivity index (χ0) is 16.1. The van der Waals surface area contributed by atoms with Crippen LogP contribution in [0.25, 0.3) is 0 Å². The van der Waals surface area contributed by atoms with E-state index in [1.54, 1.807) is 6.20 Å². The van der Waals surface area contributed by atoms with E-state index in [-0.39, 0.29) is 0 Å². The maximum atomic E-state index is 11.7. The van der Waals surface area contributed by atoms with Crippen LogP contribution in [0.1, 0.15) is 44.7 Å². The number of nitrogens with one attached hydrogen (secondary N) is 1. The molecule has 1 aromatic heterocycles. The van der Waals surface area contributed by atoms with E-state index < -0.39 is 17.4 Å². The highest BCUT2D eigenvalue weighted by Gasteiger charge is 2.45. The van der Waals surface area contributed by atoms with Crippen molar-refractivity contribution in [1.29, 1.82) is 0 Å². The molecular formula is C16H24N2O4. The van der Waals surface area contributed by atoms with Crippen molar-refractivity contribution in [3.05, 3.63) is 30.1 Å². The highest BCUT2D eigenvalue weighted by Crippen LogP contribution is 2.41. The Kier molecular flexibility index (Phi) is 5.37. The van der Waals surface area contributed by atoms with Gasteiger partial charge in [-0.2, -0.15) is 0 Å². The molecule has 1 aliphatic carbocycles. The summed E-state index contributed by atoms with van der Waals surface area (Å²) in [6.45, 7) is 2.53. The summed E-state index contributed by atoms with van der Waals surface area (Å²) in [7, 11) is 1.34. The predicted octanol–water partition coefficient (Wildman–Crippen LogP) is 2.32. The molecule has 0 aliphatic heterocycles. The van der Waals surface area contributed by atoms with Gasteiger partial charge in [-0.3, -0.25) is 4.98 Å². The molecule has 1 heterocycles. The van der Waals surface area contributed by atoms with Crippen LogP contribution in [0.15, 0.2) is 24.4 Å². The van der Waals surface area contributed by atoms with Crippen molar-refractivity contribution in [2.75, 3.05) is 13.7 Å². The van der Waals surface area contributed by atoms with E-state index in [0.717, 1.165) is 12.1 Å². The second kappa shape index (κ2) is 7.07. The van der Waals surface area contributed by atoms with Crippen LogP contribution in [0.5, 0.6) is 0 Å². The molecule has 1 fully saturated rings. The summed E-state index contributed by atoms with van der Waals surface area (Å²) >= 11 is 0. The average molecular weight is 308 g/mol. The fourth-order valence-electron chi connectivity index (χ4n) is 2.84. The lowest BCUT2D eigenvalue weighted by atomic mass is 9.76. The minimum atomic E-state index is -1.12. The first kappa shape index (κ1) is 16.7. The number of aromatic nitrogens is 1. The molecule has 1 amide bonds. The van der Waals surface area contributed by atoms with Gasteiger partial charge >= 0.3 is 6.09 Å². The van der Waals surface area contributed by atoms with Gasteiger partial charge in [-0.15, -0.1) is 0 Å². The molecule has 22 heavy (non-hydrogen) atoms. The normalized spacial score (nSPS) is 28.1. The third-order valence-corrected chi connectivity index (χ3v) is 4.14. The lowest BCUT2D eigenvalue weighted by Crippen LogP contribution is -2.52. The number of nitrogens with zero attached hydrogens (tertiary/aromatic N) is 1. The van der Waals surface area contributed by atoms with Crippen molar-refractivity contribution in [1.82, 2.24) is 10.3 Å². The van der Waals surface area contributed by atoms with Gasteiger partial charge in [0.15, 0.2) is 5.79 Å². The van der Waals surface area contributed by atoms with E-state index in [9.17, 15) is 9.90 Å². The number of methoxy groups -OCH3 is 1. The molecule has 0 spiro atoms. The lowest BCUT2D eigenvalue weighted by Gasteiger charge is -2.43. The molecule has 1 saturated carbocycles. The molecule has 6 nitrogen and oxygen atoms in total. The monoisotopic (exact) mass is 308 g/mol.